The second-order valence-corrected chi connectivity index (χ2v) is 9.13. The quantitative estimate of drug-likeness (QED) is 0.492. The van der Waals surface area contributed by atoms with E-state index in [4.69, 9.17) is 5.73 Å². The zero-order valence-electron chi connectivity index (χ0n) is 19.7. The number of nitrogen functional groups attached to an aromatic ring is 1. The van der Waals surface area contributed by atoms with Crippen LogP contribution in [0.3, 0.4) is 0 Å². The Hall–Kier alpha value is -3.90. The van der Waals surface area contributed by atoms with E-state index in [-0.39, 0.29) is 11.8 Å². The van der Waals surface area contributed by atoms with Gasteiger partial charge in [-0.25, -0.2) is 9.97 Å². The molecule has 2 atom stereocenters. The smallest absolute Gasteiger partial charge is 0.206 e. The predicted octanol–water partition coefficient (Wildman–Crippen LogP) is 2.45. The van der Waals surface area contributed by atoms with E-state index in [0.717, 1.165) is 43.9 Å². The molecule has 3 heterocycles. The zero-order valence-corrected chi connectivity index (χ0v) is 19.7. The highest BCUT2D eigenvalue weighted by molar-refractivity contribution is 5.74. The Morgan fingerprint density at radius 1 is 1.09 bits per heavy atom. The summed E-state index contributed by atoms with van der Waals surface area (Å²) in [5, 5.41) is 28.6. The largest absolute Gasteiger partial charge is 0.507 e. The van der Waals surface area contributed by atoms with Crippen molar-refractivity contribution >= 4 is 17.3 Å². The van der Waals surface area contributed by atoms with Gasteiger partial charge in [-0.3, -0.25) is 0 Å². The zero-order chi connectivity index (χ0) is 24.4. The van der Waals surface area contributed by atoms with Crippen molar-refractivity contribution in [3.8, 4) is 28.8 Å². The van der Waals surface area contributed by atoms with Crippen LogP contribution in [0, 0.1) is 17.8 Å². The average molecular weight is 472 g/mol. The number of hydrogen-bond acceptors (Lipinski definition) is 9. The molecule has 2 fully saturated rings. The molecule has 5 rings (SSSR count). The summed E-state index contributed by atoms with van der Waals surface area (Å²) < 4.78 is 0. The number of aromatic nitrogens is 4. The second-order valence-electron chi connectivity index (χ2n) is 9.13. The maximum atomic E-state index is 10.2. The van der Waals surface area contributed by atoms with Gasteiger partial charge in [-0.2, -0.15) is 0 Å². The van der Waals surface area contributed by atoms with Gasteiger partial charge in [-0.05, 0) is 62.3 Å². The molecule has 2 aromatic heterocycles. The lowest BCUT2D eigenvalue weighted by molar-refractivity contribution is 0.209. The van der Waals surface area contributed by atoms with E-state index < -0.39 is 6.10 Å². The lowest BCUT2D eigenvalue weighted by Gasteiger charge is -2.28. The summed E-state index contributed by atoms with van der Waals surface area (Å²) >= 11 is 0. The molecule has 9 heteroatoms. The van der Waals surface area contributed by atoms with Crippen LogP contribution in [0.25, 0.3) is 11.3 Å². The summed E-state index contributed by atoms with van der Waals surface area (Å²) in [5.41, 5.74) is 8.22. The Kier molecular flexibility index (Phi) is 6.38. The molecule has 1 aliphatic carbocycles. The number of nitrogens with two attached hydrogens (primary N) is 1. The highest BCUT2D eigenvalue weighted by Crippen LogP contribution is 2.33. The number of benzene rings is 1. The van der Waals surface area contributed by atoms with Crippen molar-refractivity contribution in [2.24, 2.45) is 5.92 Å². The fourth-order valence-electron chi connectivity index (χ4n) is 4.34. The van der Waals surface area contributed by atoms with Crippen molar-refractivity contribution < 1.29 is 10.2 Å². The number of aliphatic hydroxyl groups excluding tert-OH is 1. The summed E-state index contributed by atoms with van der Waals surface area (Å²) in [6.07, 6.45) is 4.07. The van der Waals surface area contributed by atoms with Gasteiger partial charge in [-0.1, -0.05) is 18.1 Å². The minimum Gasteiger partial charge on any atom is -0.507 e. The first-order valence-corrected chi connectivity index (χ1v) is 12.0. The Morgan fingerprint density at radius 3 is 2.71 bits per heavy atom. The molecule has 0 radical (unpaired) electrons. The molecule has 1 saturated carbocycles. The van der Waals surface area contributed by atoms with Crippen LogP contribution in [0.15, 0.2) is 42.6 Å². The lowest BCUT2D eigenvalue weighted by Crippen LogP contribution is -2.35. The molecule has 35 heavy (non-hydrogen) atoms. The van der Waals surface area contributed by atoms with Crippen LogP contribution in [-0.4, -0.2) is 62.2 Å². The third-order valence-electron chi connectivity index (χ3n) is 6.62. The fourth-order valence-corrected chi connectivity index (χ4v) is 4.34. The number of phenolic OH excluding ortho intramolecular Hbond substituents is 1. The van der Waals surface area contributed by atoms with Gasteiger partial charge in [0.15, 0.2) is 5.82 Å². The highest BCUT2D eigenvalue weighted by atomic mass is 16.3. The Morgan fingerprint density at radius 2 is 1.91 bits per heavy atom. The van der Waals surface area contributed by atoms with Crippen molar-refractivity contribution in [3.05, 3.63) is 48.4 Å². The summed E-state index contributed by atoms with van der Waals surface area (Å²) in [6, 6.07) is 11.1. The molecular formula is C26H29N7O2. The first-order chi connectivity index (χ1) is 17.0. The molecular weight excluding hydrogens is 442 g/mol. The van der Waals surface area contributed by atoms with Crippen molar-refractivity contribution in [1.82, 2.24) is 20.2 Å². The minimum absolute atomic E-state index is 0.153. The molecule has 9 nitrogen and oxygen atoms in total. The molecule has 180 valence electrons. The number of aliphatic hydroxyl groups is 1. The van der Waals surface area contributed by atoms with Crippen LogP contribution in [0.2, 0.25) is 0 Å². The number of rotatable bonds is 4. The Bertz CT molecular complexity index is 1270. The highest BCUT2D eigenvalue weighted by Gasteiger charge is 2.28. The summed E-state index contributed by atoms with van der Waals surface area (Å²) in [7, 11) is 0. The number of hydrogen-bond donors (Lipinski definition) is 3. The topological polar surface area (TPSA) is 125 Å². The van der Waals surface area contributed by atoms with Crippen molar-refractivity contribution in [1.29, 1.82) is 0 Å². The molecule has 1 saturated heterocycles. The van der Waals surface area contributed by atoms with Gasteiger partial charge < -0.3 is 25.7 Å². The van der Waals surface area contributed by atoms with Gasteiger partial charge >= 0.3 is 0 Å². The van der Waals surface area contributed by atoms with E-state index in [2.05, 4.69) is 48.7 Å². The van der Waals surface area contributed by atoms with Crippen LogP contribution in [0.1, 0.15) is 32.0 Å². The molecule has 2 aliphatic rings. The van der Waals surface area contributed by atoms with Gasteiger partial charge in [0.1, 0.15) is 17.7 Å². The van der Waals surface area contributed by atoms with E-state index in [0.29, 0.717) is 35.4 Å². The van der Waals surface area contributed by atoms with Crippen LogP contribution in [-0.2, 0) is 0 Å². The SMILES string of the molecule is C[C@@H]1CCN(c2cc(-c3ccccc3O)nnc2N)CCN1c1ccnc(C#C[C@H](O)C2CC2)n1. The molecule has 0 unspecified atom stereocenters. The molecule has 1 aromatic carbocycles. The number of aromatic hydroxyl groups is 1. The van der Waals surface area contributed by atoms with Gasteiger partial charge in [-0.15, -0.1) is 10.2 Å². The van der Waals surface area contributed by atoms with Crippen molar-refractivity contribution in [2.45, 2.75) is 38.3 Å². The molecule has 4 N–H and O–H groups in total. The Balaban J connectivity index is 1.35. The van der Waals surface area contributed by atoms with Crippen LogP contribution in [0.5, 0.6) is 5.75 Å². The number of anilines is 3. The van der Waals surface area contributed by atoms with Crippen molar-refractivity contribution in [2.75, 3.05) is 35.2 Å². The average Bonchev–Trinajstić information content (AvgIpc) is 3.72. The second kappa shape index (κ2) is 9.76. The number of para-hydroxylation sites is 1. The molecule has 0 amide bonds. The van der Waals surface area contributed by atoms with Gasteiger partial charge in [0, 0.05) is 37.4 Å². The lowest BCUT2D eigenvalue weighted by atomic mass is 10.1. The summed E-state index contributed by atoms with van der Waals surface area (Å²) in [5.74, 6) is 7.86. The number of nitrogens with zero attached hydrogens (tertiary/aromatic N) is 6. The Labute approximate surface area is 204 Å². The number of phenols is 1. The minimum atomic E-state index is -0.602. The van der Waals surface area contributed by atoms with Crippen molar-refractivity contribution in [3.63, 3.8) is 0 Å². The third kappa shape index (κ3) is 5.12. The first kappa shape index (κ1) is 22.9. The van der Waals surface area contributed by atoms with Gasteiger partial charge in [0.05, 0.1) is 11.4 Å². The van der Waals surface area contributed by atoms with E-state index in [9.17, 15) is 10.2 Å². The van der Waals surface area contributed by atoms with Crippen LogP contribution >= 0.6 is 0 Å². The molecule has 1 aliphatic heterocycles. The van der Waals surface area contributed by atoms with E-state index in [1.165, 1.54) is 0 Å². The third-order valence-corrected chi connectivity index (χ3v) is 6.62. The molecule has 0 spiro atoms. The predicted molar refractivity (Wildman–Crippen MR) is 135 cm³/mol. The molecule has 0 bridgehead atoms. The molecule has 3 aromatic rings. The van der Waals surface area contributed by atoms with E-state index in [1.54, 1.807) is 18.3 Å². The summed E-state index contributed by atoms with van der Waals surface area (Å²) in [6.45, 7) is 4.41. The standard InChI is InChI=1S/C26H29N7O2/c1-17-11-13-32(21-16-20(30-31-26(21)27)19-4-2-3-5-23(19)35)14-15-33(17)25-10-12-28-24(29-25)9-8-22(34)18-6-7-18/h2-5,10,12,16-18,22,34-35H,6-7,11,13-15H2,1H3,(H2,27,31)/t17-,22+/m1/s1. The summed E-state index contributed by atoms with van der Waals surface area (Å²) in [4.78, 5) is 13.4. The monoisotopic (exact) mass is 471 g/mol. The van der Waals surface area contributed by atoms with E-state index in [1.807, 2.05) is 24.3 Å². The van der Waals surface area contributed by atoms with Gasteiger partial charge in [0.2, 0.25) is 5.82 Å². The van der Waals surface area contributed by atoms with Crippen LogP contribution in [0.4, 0.5) is 17.3 Å². The maximum absolute atomic E-state index is 10.2. The first-order valence-electron chi connectivity index (χ1n) is 12.0. The van der Waals surface area contributed by atoms with E-state index >= 15 is 0 Å². The maximum Gasteiger partial charge on any atom is 0.206 e. The van der Waals surface area contributed by atoms with Crippen LogP contribution < -0.4 is 15.5 Å². The fraction of sp³-hybridized carbons (Fsp3) is 0.385. The normalized spacial score (nSPS) is 19.0. The van der Waals surface area contributed by atoms with Gasteiger partial charge in [0.25, 0.3) is 0 Å².